The summed E-state index contributed by atoms with van der Waals surface area (Å²) in [5, 5.41) is 0. The first-order valence-corrected chi connectivity index (χ1v) is 7.32. The molecule has 0 spiro atoms. The molecule has 0 amide bonds. The van der Waals surface area contributed by atoms with Gasteiger partial charge in [-0.1, -0.05) is 20.3 Å². The van der Waals surface area contributed by atoms with E-state index in [1.54, 1.807) is 0 Å². The average Bonchev–Trinajstić information content (AvgIpc) is 3.15. The van der Waals surface area contributed by atoms with Gasteiger partial charge < -0.3 is 9.47 Å². The fourth-order valence-electron chi connectivity index (χ4n) is 2.79. The summed E-state index contributed by atoms with van der Waals surface area (Å²) >= 11 is 0. The first kappa shape index (κ1) is 13.9. The molecule has 2 aliphatic rings. The fraction of sp³-hybridized carbons (Fsp3) is 0.933. The van der Waals surface area contributed by atoms with E-state index in [0.29, 0.717) is 24.7 Å². The fourth-order valence-corrected chi connectivity index (χ4v) is 2.79. The largest absolute Gasteiger partial charge is 0.465 e. The lowest BCUT2D eigenvalue weighted by Crippen LogP contribution is -2.31. The Kier molecular flexibility index (Phi) is 4.00. The van der Waals surface area contributed by atoms with Crippen LogP contribution < -0.4 is 0 Å². The molecule has 0 aromatic heterocycles. The van der Waals surface area contributed by atoms with E-state index in [0.717, 1.165) is 18.8 Å². The molecule has 1 aliphatic carbocycles. The van der Waals surface area contributed by atoms with Crippen LogP contribution in [0, 0.1) is 17.3 Å². The van der Waals surface area contributed by atoms with Crippen molar-refractivity contribution in [2.45, 2.75) is 65.6 Å². The Morgan fingerprint density at radius 2 is 1.83 bits per heavy atom. The molecule has 1 saturated heterocycles. The van der Waals surface area contributed by atoms with E-state index >= 15 is 0 Å². The summed E-state index contributed by atoms with van der Waals surface area (Å²) in [5.41, 5.74) is -0.357. The van der Waals surface area contributed by atoms with Gasteiger partial charge in [0.15, 0.2) is 0 Å². The number of hydrogen-bond donors (Lipinski definition) is 0. The molecule has 0 radical (unpaired) electrons. The van der Waals surface area contributed by atoms with Crippen molar-refractivity contribution in [2.24, 2.45) is 17.3 Å². The second-order valence-electron chi connectivity index (χ2n) is 6.41. The zero-order valence-corrected chi connectivity index (χ0v) is 12.1. The Labute approximate surface area is 110 Å². The number of hydrogen-bond acceptors (Lipinski definition) is 3. The van der Waals surface area contributed by atoms with Crippen LogP contribution in [0.2, 0.25) is 0 Å². The SMILES string of the molecule is CCC1CCC(COC(=O)C(C)(C)CC)C2OC12. The molecule has 4 unspecified atom stereocenters. The first-order chi connectivity index (χ1) is 8.49. The van der Waals surface area contributed by atoms with Gasteiger partial charge >= 0.3 is 5.97 Å². The van der Waals surface area contributed by atoms with Crippen molar-refractivity contribution in [3.05, 3.63) is 0 Å². The summed E-state index contributed by atoms with van der Waals surface area (Å²) in [4.78, 5) is 11.9. The van der Waals surface area contributed by atoms with Gasteiger partial charge in [-0.05, 0) is 39.0 Å². The standard InChI is InChI=1S/C15H26O3/c1-5-10-7-8-11(13-12(10)18-13)9-17-14(16)15(3,4)6-2/h10-13H,5-9H2,1-4H3. The average molecular weight is 254 g/mol. The van der Waals surface area contributed by atoms with Crippen LogP contribution >= 0.6 is 0 Å². The van der Waals surface area contributed by atoms with Crippen LogP contribution in [-0.2, 0) is 14.3 Å². The van der Waals surface area contributed by atoms with Crippen LogP contribution in [0.15, 0.2) is 0 Å². The van der Waals surface area contributed by atoms with Gasteiger partial charge in [-0.15, -0.1) is 0 Å². The number of fused-ring (bicyclic) bond motifs is 1. The van der Waals surface area contributed by atoms with E-state index in [-0.39, 0.29) is 11.4 Å². The maximum atomic E-state index is 11.9. The van der Waals surface area contributed by atoms with E-state index in [9.17, 15) is 4.79 Å². The van der Waals surface area contributed by atoms with Crippen LogP contribution in [0.4, 0.5) is 0 Å². The Morgan fingerprint density at radius 3 is 2.44 bits per heavy atom. The minimum absolute atomic E-state index is 0.0696. The zero-order chi connectivity index (χ0) is 13.3. The molecule has 1 heterocycles. The molecule has 18 heavy (non-hydrogen) atoms. The van der Waals surface area contributed by atoms with Crippen LogP contribution in [0.3, 0.4) is 0 Å². The summed E-state index contributed by atoms with van der Waals surface area (Å²) in [6.45, 7) is 8.68. The van der Waals surface area contributed by atoms with Crippen molar-refractivity contribution < 1.29 is 14.3 Å². The van der Waals surface area contributed by atoms with Crippen molar-refractivity contribution in [1.29, 1.82) is 0 Å². The molecule has 2 fully saturated rings. The summed E-state index contributed by atoms with van der Waals surface area (Å²) in [6.07, 6.45) is 5.19. The lowest BCUT2D eigenvalue weighted by molar-refractivity contribution is -0.155. The van der Waals surface area contributed by atoms with E-state index in [4.69, 9.17) is 9.47 Å². The number of epoxide rings is 1. The topological polar surface area (TPSA) is 38.8 Å². The maximum Gasteiger partial charge on any atom is 0.311 e. The van der Waals surface area contributed by atoms with Crippen LogP contribution in [-0.4, -0.2) is 24.8 Å². The normalized spacial score (nSPS) is 34.9. The van der Waals surface area contributed by atoms with Gasteiger partial charge in [0.1, 0.15) is 0 Å². The molecule has 2 rings (SSSR count). The lowest BCUT2D eigenvalue weighted by atomic mass is 9.81. The molecule has 1 aliphatic heterocycles. The van der Waals surface area contributed by atoms with Gasteiger partial charge in [-0.3, -0.25) is 4.79 Å². The highest BCUT2D eigenvalue weighted by atomic mass is 16.6. The minimum atomic E-state index is -0.357. The molecule has 0 aromatic rings. The van der Waals surface area contributed by atoms with E-state index in [1.165, 1.54) is 12.8 Å². The lowest BCUT2D eigenvalue weighted by Gasteiger charge is -2.26. The highest BCUT2D eigenvalue weighted by Crippen LogP contribution is 2.45. The maximum absolute atomic E-state index is 11.9. The van der Waals surface area contributed by atoms with Crippen LogP contribution in [0.25, 0.3) is 0 Å². The zero-order valence-electron chi connectivity index (χ0n) is 12.1. The van der Waals surface area contributed by atoms with Crippen LogP contribution in [0.1, 0.15) is 53.4 Å². The van der Waals surface area contributed by atoms with Gasteiger partial charge in [0, 0.05) is 5.92 Å². The third kappa shape index (κ3) is 2.71. The number of rotatable bonds is 5. The summed E-state index contributed by atoms with van der Waals surface area (Å²) in [6, 6.07) is 0. The Morgan fingerprint density at radius 1 is 1.22 bits per heavy atom. The van der Waals surface area contributed by atoms with Crippen molar-refractivity contribution in [3.63, 3.8) is 0 Å². The predicted molar refractivity (Wildman–Crippen MR) is 70.2 cm³/mol. The van der Waals surface area contributed by atoms with Crippen molar-refractivity contribution in [1.82, 2.24) is 0 Å². The van der Waals surface area contributed by atoms with E-state index in [2.05, 4.69) is 6.92 Å². The third-order valence-corrected chi connectivity index (χ3v) is 4.79. The van der Waals surface area contributed by atoms with Gasteiger partial charge in [0.2, 0.25) is 0 Å². The van der Waals surface area contributed by atoms with Crippen LogP contribution in [0.5, 0.6) is 0 Å². The molecule has 0 bridgehead atoms. The second kappa shape index (κ2) is 5.20. The van der Waals surface area contributed by atoms with Gasteiger partial charge in [0.05, 0.1) is 24.2 Å². The molecule has 0 aromatic carbocycles. The van der Waals surface area contributed by atoms with E-state index < -0.39 is 0 Å². The van der Waals surface area contributed by atoms with Gasteiger partial charge in [0.25, 0.3) is 0 Å². The minimum Gasteiger partial charge on any atom is -0.465 e. The molecule has 4 atom stereocenters. The molecular weight excluding hydrogens is 228 g/mol. The molecule has 104 valence electrons. The van der Waals surface area contributed by atoms with E-state index in [1.807, 2.05) is 20.8 Å². The van der Waals surface area contributed by atoms with Gasteiger partial charge in [-0.25, -0.2) is 0 Å². The monoisotopic (exact) mass is 254 g/mol. The van der Waals surface area contributed by atoms with Crippen molar-refractivity contribution in [2.75, 3.05) is 6.61 Å². The molecule has 0 N–H and O–H groups in total. The van der Waals surface area contributed by atoms with Crippen molar-refractivity contribution in [3.8, 4) is 0 Å². The highest BCUT2D eigenvalue weighted by Gasteiger charge is 2.52. The first-order valence-electron chi connectivity index (χ1n) is 7.32. The quantitative estimate of drug-likeness (QED) is 0.559. The summed E-state index contributed by atoms with van der Waals surface area (Å²) < 4.78 is 11.2. The molecule has 3 nitrogen and oxygen atoms in total. The number of esters is 1. The number of carbonyl (C=O) groups excluding carboxylic acids is 1. The Balaban J connectivity index is 1.78. The molecular formula is C15H26O3. The summed E-state index contributed by atoms with van der Waals surface area (Å²) in [7, 11) is 0. The predicted octanol–water partition coefficient (Wildman–Crippen LogP) is 3.17. The third-order valence-electron chi connectivity index (χ3n) is 4.79. The smallest absolute Gasteiger partial charge is 0.311 e. The molecule has 1 saturated carbocycles. The summed E-state index contributed by atoms with van der Waals surface area (Å²) in [5.74, 6) is 1.09. The number of carbonyl (C=O) groups is 1. The number of ether oxygens (including phenoxy) is 2. The van der Waals surface area contributed by atoms with Crippen molar-refractivity contribution >= 4 is 5.97 Å². The second-order valence-corrected chi connectivity index (χ2v) is 6.41. The Bertz CT molecular complexity index is 311. The highest BCUT2D eigenvalue weighted by molar-refractivity contribution is 5.75. The van der Waals surface area contributed by atoms with Gasteiger partial charge in [-0.2, -0.15) is 0 Å². The molecule has 3 heteroatoms. The Hall–Kier alpha value is -0.570.